The van der Waals surface area contributed by atoms with Crippen molar-refractivity contribution in [3.05, 3.63) is 57.8 Å². The Balaban J connectivity index is 2.28. The van der Waals surface area contributed by atoms with Gasteiger partial charge in [0.2, 0.25) is 12.0 Å². The number of oxazole rings is 1. The highest BCUT2D eigenvalue weighted by Crippen LogP contribution is 2.24. The molecule has 0 saturated heterocycles. The molecule has 0 atom stereocenters. The van der Waals surface area contributed by atoms with Crippen LogP contribution in [0.1, 0.15) is 16.8 Å². The van der Waals surface area contributed by atoms with E-state index in [1.165, 1.54) is 0 Å². The van der Waals surface area contributed by atoms with Crippen molar-refractivity contribution in [2.45, 2.75) is 13.8 Å². The number of aromatic nitrogens is 1. The average molecular weight is 328 g/mol. The molecular weight excluding hydrogens is 316 g/mol. The van der Waals surface area contributed by atoms with Gasteiger partial charge in [-0.25, -0.2) is 0 Å². The van der Waals surface area contributed by atoms with E-state index in [4.69, 9.17) is 4.42 Å². The molecule has 0 aliphatic heterocycles. The summed E-state index contributed by atoms with van der Waals surface area (Å²) < 4.78 is 8.85. The van der Waals surface area contributed by atoms with Gasteiger partial charge in [0.1, 0.15) is 6.07 Å². The average Bonchev–Trinajstić information content (AvgIpc) is 2.85. The molecule has 0 aliphatic rings. The van der Waals surface area contributed by atoms with Crippen LogP contribution in [0.4, 0.5) is 0 Å². The highest BCUT2D eigenvalue weighted by atomic mass is 79.9. The van der Waals surface area contributed by atoms with Gasteiger partial charge in [0, 0.05) is 23.0 Å². The van der Waals surface area contributed by atoms with Crippen molar-refractivity contribution in [3.63, 3.8) is 0 Å². The van der Waals surface area contributed by atoms with E-state index in [2.05, 4.69) is 22.0 Å². The summed E-state index contributed by atoms with van der Waals surface area (Å²) in [6.45, 7) is 3.93. The Morgan fingerprint density at radius 2 is 1.90 bits per heavy atom. The van der Waals surface area contributed by atoms with Crippen LogP contribution < -0.4 is 4.40 Å². The molecule has 0 radical (unpaired) electrons. The zero-order chi connectivity index (χ0) is 14.3. The molecule has 0 N–H and O–H groups in total. The van der Waals surface area contributed by atoms with Gasteiger partial charge in [0.25, 0.3) is 0 Å². The fourth-order valence-electron chi connectivity index (χ4n) is 2.30. The van der Waals surface area contributed by atoms with Gasteiger partial charge in [-0.3, -0.25) is 0 Å². The van der Waals surface area contributed by atoms with Gasteiger partial charge in [0.15, 0.2) is 11.3 Å². The van der Waals surface area contributed by atoms with Crippen LogP contribution in [0.3, 0.4) is 0 Å². The second kappa shape index (κ2) is 4.77. The van der Waals surface area contributed by atoms with E-state index in [-0.39, 0.29) is 0 Å². The first-order valence-corrected chi connectivity index (χ1v) is 7.01. The predicted molar refractivity (Wildman–Crippen MR) is 79.2 cm³/mol. The summed E-state index contributed by atoms with van der Waals surface area (Å²) in [5.74, 6) is 0.753. The van der Waals surface area contributed by atoms with Crippen molar-refractivity contribution in [3.8, 4) is 17.4 Å². The first-order chi connectivity index (χ1) is 9.60. The third-order valence-electron chi connectivity index (χ3n) is 3.33. The number of hydrogen-bond acceptors (Lipinski definition) is 2. The quantitative estimate of drug-likeness (QED) is 0.635. The smallest absolute Gasteiger partial charge is 0.397 e. The fraction of sp³-hybridized carbons (Fsp3) is 0.125. The first-order valence-electron chi connectivity index (χ1n) is 6.21. The summed E-state index contributed by atoms with van der Waals surface area (Å²) in [7, 11) is 0. The molecule has 0 aliphatic carbocycles. The predicted octanol–water partition coefficient (Wildman–Crippen LogP) is 3.94. The Morgan fingerprint density at radius 3 is 2.55 bits per heavy atom. The number of benzene rings is 1. The van der Waals surface area contributed by atoms with Gasteiger partial charge in [-0.2, -0.15) is 5.26 Å². The van der Waals surface area contributed by atoms with Gasteiger partial charge in [-0.05, 0) is 36.8 Å². The van der Waals surface area contributed by atoms with Crippen molar-refractivity contribution in [2.75, 3.05) is 0 Å². The minimum absolute atomic E-state index is 0.582. The lowest BCUT2D eigenvalue weighted by atomic mass is 10.1. The first kappa shape index (κ1) is 12.9. The van der Waals surface area contributed by atoms with Gasteiger partial charge in [0.05, 0.1) is 0 Å². The highest BCUT2D eigenvalue weighted by molar-refractivity contribution is 9.10. The lowest BCUT2D eigenvalue weighted by Gasteiger charge is -1.94. The number of rotatable bonds is 1. The van der Waals surface area contributed by atoms with Crippen LogP contribution in [0, 0.1) is 25.2 Å². The van der Waals surface area contributed by atoms with Gasteiger partial charge < -0.3 is 4.42 Å². The van der Waals surface area contributed by atoms with Crippen LogP contribution in [-0.4, -0.2) is 0 Å². The molecule has 3 nitrogen and oxygen atoms in total. The summed E-state index contributed by atoms with van der Waals surface area (Å²) in [5, 5.41) is 9.29. The second-order valence-electron chi connectivity index (χ2n) is 4.73. The van der Waals surface area contributed by atoms with E-state index >= 15 is 0 Å². The molecule has 0 unspecified atom stereocenters. The van der Waals surface area contributed by atoms with Crippen LogP contribution >= 0.6 is 15.9 Å². The van der Waals surface area contributed by atoms with Gasteiger partial charge >= 0.3 is 5.71 Å². The molecule has 0 amide bonds. The molecule has 1 aromatic carbocycles. The van der Waals surface area contributed by atoms with E-state index in [0.717, 1.165) is 27.1 Å². The monoisotopic (exact) mass is 327 g/mol. The number of aryl methyl sites for hydroxylation is 2. The molecule has 0 saturated carbocycles. The molecule has 0 spiro atoms. The SMILES string of the molecule is Cc1cc(C)[n+]2cc(-c3ccc(Br)cc3)oc2c1C#N. The molecule has 3 rings (SSSR count). The summed E-state index contributed by atoms with van der Waals surface area (Å²) in [5.41, 5.74) is 4.14. The lowest BCUT2D eigenvalue weighted by Crippen LogP contribution is -2.23. The minimum Gasteiger partial charge on any atom is -0.397 e. The van der Waals surface area contributed by atoms with Gasteiger partial charge in [-0.1, -0.05) is 15.9 Å². The standard InChI is InChI=1S/C16H12BrN2O/c1-10-7-11(2)19-9-15(20-16(19)14(10)8-18)12-3-5-13(17)6-4-12/h3-7,9H,1-2H3/q+1. The molecule has 0 bridgehead atoms. The summed E-state index contributed by atoms with van der Waals surface area (Å²) in [6.07, 6.45) is 1.92. The maximum absolute atomic E-state index is 9.29. The van der Waals surface area contributed by atoms with Crippen LogP contribution in [0.5, 0.6) is 0 Å². The summed E-state index contributed by atoms with van der Waals surface area (Å²) in [6, 6.07) is 12.1. The molecule has 3 aromatic rings. The summed E-state index contributed by atoms with van der Waals surface area (Å²) in [4.78, 5) is 0. The molecule has 0 fully saturated rings. The largest absolute Gasteiger partial charge is 0.397 e. The van der Waals surface area contributed by atoms with E-state index in [9.17, 15) is 5.26 Å². The minimum atomic E-state index is 0.582. The Labute approximate surface area is 125 Å². The number of hydrogen-bond donors (Lipinski definition) is 0. The molecule has 2 heterocycles. The maximum atomic E-state index is 9.29. The second-order valence-corrected chi connectivity index (χ2v) is 5.65. The van der Waals surface area contributed by atoms with Crippen LogP contribution in [0.15, 0.2) is 45.4 Å². The van der Waals surface area contributed by atoms with E-state index < -0.39 is 0 Å². The number of nitriles is 1. The lowest BCUT2D eigenvalue weighted by molar-refractivity contribution is -0.521. The van der Waals surface area contributed by atoms with Crippen molar-refractivity contribution >= 4 is 21.6 Å². The van der Waals surface area contributed by atoms with Crippen LogP contribution in [0.25, 0.3) is 17.0 Å². The Kier molecular flexibility index (Phi) is 3.07. The molecule has 20 heavy (non-hydrogen) atoms. The van der Waals surface area contributed by atoms with Crippen LogP contribution in [0.2, 0.25) is 0 Å². The van der Waals surface area contributed by atoms with E-state index in [1.54, 1.807) is 0 Å². The third-order valence-corrected chi connectivity index (χ3v) is 3.85. The van der Waals surface area contributed by atoms with Crippen molar-refractivity contribution in [1.29, 1.82) is 5.26 Å². The normalized spacial score (nSPS) is 10.7. The van der Waals surface area contributed by atoms with Crippen molar-refractivity contribution < 1.29 is 8.82 Å². The molecule has 2 aromatic heterocycles. The van der Waals surface area contributed by atoms with Crippen molar-refractivity contribution in [1.82, 2.24) is 0 Å². The van der Waals surface area contributed by atoms with Crippen molar-refractivity contribution in [2.24, 2.45) is 0 Å². The number of nitrogens with zero attached hydrogens (tertiary/aromatic N) is 2. The van der Waals surface area contributed by atoms with Gasteiger partial charge in [-0.15, -0.1) is 4.40 Å². The Bertz CT molecular complexity index is 842. The number of pyridine rings is 1. The number of halogens is 1. The Morgan fingerprint density at radius 1 is 1.20 bits per heavy atom. The zero-order valence-corrected chi connectivity index (χ0v) is 12.7. The highest BCUT2D eigenvalue weighted by Gasteiger charge is 2.22. The molecule has 4 heteroatoms. The topological polar surface area (TPSA) is 41.0 Å². The van der Waals surface area contributed by atoms with E-state index in [0.29, 0.717) is 11.3 Å². The molecule has 98 valence electrons. The van der Waals surface area contributed by atoms with Crippen LogP contribution in [-0.2, 0) is 0 Å². The summed E-state index contributed by atoms with van der Waals surface area (Å²) >= 11 is 3.42. The maximum Gasteiger partial charge on any atom is 0.397 e. The van der Waals surface area contributed by atoms with E-state index in [1.807, 2.05) is 54.8 Å². The Hall–Kier alpha value is -2.12. The fourth-order valence-corrected chi connectivity index (χ4v) is 2.56. The number of fused-ring (bicyclic) bond motifs is 1. The zero-order valence-electron chi connectivity index (χ0n) is 11.1. The third kappa shape index (κ3) is 2.00. The molecular formula is C16H12BrN2O+.